The molecule has 0 fully saturated rings. The number of fused-ring (bicyclic) bond motifs is 1. The Labute approximate surface area is 161 Å². The van der Waals surface area contributed by atoms with Gasteiger partial charge in [0.25, 0.3) is 5.91 Å². The fourth-order valence-corrected chi connectivity index (χ4v) is 2.79. The molecule has 3 rings (SSSR count). The Morgan fingerprint density at radius 1 is 1.04 bits per heavy atom. The molecule has 1 aromatic heterocycles. The molecule has 148 valence electrons. The first-order chi connectivity index (χ1) is 13.6. The van der Waals surface area contributed by atoms with E-state index in [9.17, 15) is 9.59 Å². The second kappa shape index (κ2) is 8.51. The molecule has 8 heteroatoms. The monoisotopic (exact) mass is 386 g/mol. The summed E-state index contributed by atoms with van der Waals surface area (Å²) in [7, 11) is 0. The summed E-state index contributed by atoms with van der Waals surface area (Å²) in [6, 6.07) is 8.24. The van der Waals surface area contributed by atoms with Crippen LogP contribution in [0.4, 0.5) is 5.69 Å². The lowest BCUT2D eigenvalue weighted by molar-refractivity contribution is 0.102. The number of ether oxygens (including phenoxy) is 3. The second-order valence-corrected chi connectivity index (χ2v) is 5.75. The summed E-state index contributed by atoms with van der Waals surface area (Å²) in [5.74, 6) is 0.316. The Morgan fingerprint density at radius 2 is 1.68 bits per heavy atom. The molecule has 0 unspecified atom stereocenters. The van der Waals surface area contributed by atoms with Gasteiger partial charge in [0.15, 0.2) is 17.1 Å². The first-order valence-corrected chi connectivity index (χ1v) is 9.06. The van der Waals surface area contributed by atoms with Crippen LogP contribution in [0.15, 0.2) is 39.5 Å². The minimum absolute atomic E-state index is 0.279. The number of nitrogens with one attached hydrogen (secondary N) is 2. The number of carbonyl (C=O) groups excluding carboxylic acids is 1. The lowest BCUT2D eigenvalue weighted by Gasteiger charge is -2.17. The van der Waals surface area contributed by atoms with Crippen molar-refractivity contribution in [1.29, 1.82) is 0 Å². The van der Waals surface area contributed by atoms with Gasteiger partial charge in [-0.05, 0) is 45.0 Å². The van der Waals surface area contributed by atoms with E-state index in [2.05, 4.69) is 10.3 Å². The topological polar surface area (TPSA) is 103 Å². The van der Waals surface area contributed by atoms with Gasteiger partial charge >= 0.3 is 5.76 Å². The number of hydrogen-bond donors (Lipinski definition) is 2. The average molecular weight is 386 g/mol. The van der Waals surface area contributed by atoms with Crippen LogP contribution in [0.2, 0.25) is 0 Å². The molecule has 1 amide bonds. The van der Waals surface area contributed by atoms with Gasteiger partial charge < -0.3 is 23.9 Å². The third kappa shape index (κ3) is 3.95. The standard InChI is InChI=1S/C20H22N2O6/c1-4-25-15-10-12(11-16(26-5-2)18(15)27-6-3)19(23)21-13-8-7-9-14-17(13)28-20(24)22-14/h7-11H,4-6H2,1-3H3,(H,21,23)(H,22,24). The van der Waals surface area contributed by atoms with Crippen molar-refractivity contribution in [2.45, 2.75) is 20.8 Å². The number of hydrogen-bond acceptors (Lipinski definition) is 6. The maximum atomic E-state index is 12.9. The van der Waals surface area contributed by atoms with Crippen molar-refractivity contribution in [1.82, 2.24) is 4.98 Å². The van der Waals surface area contributed by atoms with Crippen LogP contribution in [0.1, 0.15) is 31.1 Å². The summed E-state index contributed by atoms with van der Waals surface area (Å²) < 4.78 is 22.0. The lowest BCUT2D eigenvalue weighted by Crippen LogP contribution is -2.13. The Morgan fingerprint density at radius 3 is 2.29 bits per heavy atom. The summed E-state index contributed by atoms with van der Waals surface area (Å²) in [4.78, 5) is 26.9. The van der Waals surface area contributed by atoms with E-state index in [0.29, 0.717) is 53.8 Å². The third-order valence-corrected chi connectivity index (χ3v) is 3.87. The number of aromatic amines is 1. The molecule has 0 radical (unpaired) electrons. The third-order valence-electron chi connectivity index (χ3n) is 3.87. The van der Waals surface area contributed by atoms with E-state index >= 15 is 0 Å². The van der Waals surface area contributed by atoms with Crippen LogP contribution >= 0.6 is 0 Å². The predicted octanol–water partition coefficient (Wildman–Crippen LogP) is 3.57. The largest absolute Gasteiger partial charge is 0.490 e. The van der Waals surface area contributed by atoms with E-state index < -0.39 is 11.7 Å². The first kappa shape index (κ1) is 19.3. The highest BCUT2D eigenvalue weighted by molar-refractivity contribution is 6.08. The van der Waals surface area contributed by atoms with Crippen molar-refractivity contribution in [3.05, 3.63) is 46.4 Å². The molecule has 0 aliphatic rings. The van der Waals surface area contributed by atoms with Crippen LogP contribution in [0.25, 0.3) is 11.1 Å². The Balaban J connectivity index is 1.99. The number of carbonyl (C=O) groups is 1. The van der Waals surface area contributed by atoms with Gasteiger partial charge in [-0.15, -0.1) is 0 Å². The van der Waals surface area contributed by atoms with Crippen molar-refractivity contribution < 1.29 is 23.4 Å². The van der Waals surface area contributed by atoms with Gasteiger partial charge in [0.2, 0.25) is 5.75 Å². The van der Waals surface area contributed by atoms with Gasteiger partial charge in [0.05, 0.1) is 31.0 Å². The smallest absolute Gasteiger partial charge is 0.417 e. The molecule has 1 heterocycles. The molecule has 0 aliphatic heterocycles. The highest BCUT2D eigenvalue weighted by atomic mass is 16.5. The summed E-state index contributed by atoms with van der Waals surface area (Å²) in [6.45, 7) is 6.79. The SMILES string of the molecule is CCOc1cc(C(=O)Nc2cccc3[nH]c(=O)oc23)cc(OCC)c1OCC. The Kier molecular flexibility index (Phi) is 5.88. The number of H-pyrrole nitrogens is 1. The molecule has 0 aliphatic carbocycles. The Bertz CT molecular complexity index is 1010. The van der Waals surface area contributed by atoms with Gasteiger partial charge in [-0.25, -0.2) is 4.79 Å². The van der Waals surface area contributed by atoms with Crippen LogP contribution < -0.4 is 25.3 Å². The summed E-state index contributed by atoms with van der Waals surface area (Å²) in [6.07, 6.45) is 0. The van der Waals surface area contributed by atoms with Gasteiger partial charge in [-0.1, -0.05) is 6.07 Å². The molecule has 2 N–H and O–H groups in total. The summed E-state index contributed by atoms with van der Waals surface area (Å²) in [5.41, 5.74) is 1.48. The van der Waals surface area contributed by atoms with Crippen LogP contribution in [-0.2, 0) is 0 Å². The van der Waals surface area contributed by atoms with E-state index in [1.807, 2.05) is 20.8 Å². The minimum atomic E-state index is -0.588. The molecular formula is C20H22N2O6. The number of para-hydroxylation sites is 1. The van der Waals surface area contributed by atoms with Crippen molar-refractivity contribution >= 4 is 22.7 Å². The molecule has 0 atom stereocenters. The molecule has 0 saturated carbocycles. The number of rotatable bonds is 8. The minimum Gasteiger partial charge on any atom is -0.490 e. The van der Waals surface area contributed by atoms with Gasteiger partial charge in [-0.2, -0.15) is 0 Å². The zero-order valence-corrected chi connectivity index (χ0v) is 16.0. The molecule has 2 aromatic carbocycles. The van der Waals surface area contributed by atoms with E-state index in [4.69, 9.17) is 18.6 Å². The molecule has 8 nitrogen and oxygen atoms in total. The number of anilines is 1. The number of amides is 1. The number of benzene rings is 2. The van der Waals surface area contributed by atoms with Crippen LogP contribution in [0.5, 0.6) is 17.2 Å². The normalized spacial score (nSPS) is 10.7. The average Bonchev–Trinajstić information content (AvgIpc) is 3.05. The van der Waals surface area contributed by atoms with Crippen LogP contribution in [-0.4, -0.2) is 30.7 Å². The summed E-state index contributed by atoms with van der Waals surface area (Å²) in [5, 5.41) is 2.76. The maximum absolute atomic E-state index is 12.9. The van der Waals surface area contributed by atoms with E-state index in [0.717, 1.165) is 0 Å². The van der Waals surface area contributed by atoms with Crippen molar-refractivity contribution in [3.63, 3.8) is 0 Å². The van der Waals surface area contributed by atoms with Crippen molar-refractivity contribution in [2.75, 3.05) is 25.1 Å². The van der Waals surface area contributed by atoms with Gasteiger partial charge in [0.1, 0.15) is 0 Å². The fourth-order valence-electron chi connectivity index (χ4n) is 2.79. The fraction of sp³-hybridized carbons (Fsp3) is 0.300. The van der Waals surface area contributed by atoms with E-state index in [1.54, 1.807) is 30.3 Å². The molecular weight excluding hydrogens is 364 g/mol. The van der Waals surface area contributed by atoms with E-state index in [-0.39, 0.29) is 5.58 Å². The Hall–Kier alpha value is -3.42. The quantitative estimate of drug-likeness (QED) is 0.613. The summed E-state index contributed by atoms with van der Waals surface area (Å²) >= 11 is 0. The molecule has 28 heavy (non-hydrogen) atoms. The molecule has 0 saturated heterocycles. The zero-order valence-electron chi connectivity index (χ0n) is 16.0. The number of aromatic nitrogens is 1. The second-order valence-electron chi connectivity index (χ2n) is 5.75. The molecule has 0 spiro atoms. The first-order valence-electron chi connectivity index (χ1n) is 9.06. The van der Waals surface area contributed by atoms with Crippen molar-refractivity contribution in [2.24, 2.45) is 0 Å². The van der Waals surface area contributed by atoms with Crippen LogP contribution in [0, 0.1) is 0 Å². The molecule has 0 bridgehead atoms. The number of oxazole rings is 1. The highest BCUT2D eigenvalue weighted by Gasteiger charge is 2.19. The maximum Gasteiger partial charge on any atom is 0.417 e. The molecule has 3 aromatic rings. The van der Waals surface area contributed by atoms with Crippen molar-refractivity contribution in [3.8, 4) is 17.2 Å². The highest BCUT2D eigenvalue weighted by Crippen LogP contribution is 2.39. The van der Waals surface area contributed by atoms with Crippen LogP contribution in [0.3, 0.4) is 0 Å². The van der Waals surface area contributed by atoms with Gasteiger partial charge in [-0.3, -0.25) is 9.78 Å². The van der Waals surface area contributed by atoms with E-state index in [1.165, 1.54) is 0 Å². The van der Waals surface area contributed by atoms with Gasteiger partial charge in [0, 0.05) is 5.56 Å². The lowest BCUT2D eigenvalue weighted by atomic mass is 10.1. The zero-order chi connectivity index (χ0) is 20.1. The predicted molar refractivity (Wildman–Crippen MR) is 105 cm³/mol.